The Kier molecular flexibility index (Phi) is 6.69. The number of piperidine rings is 1. The van der Waals surface area contributed by atoms with Crippen LogP contribution >= 0.6 is 11.3 Å². The molecule has 1 atom stereocenters. The topological polar surface area (TPSA) is 95.6 Å². The second-order valence-electron chi connectivity index (χ2n) is 8.43. The average molecular weight is 476 g/mol. The van der Waals surface area contributed by atoms with Gasteiger partial charge in [-0.2, -0.15) is 4.31 Å². The van der Waals surface area contributed by atoms with E-state index in [0.717, 1.165) is 55.4 Å². The molecule has 2 aliphatic rings. The number of nitrogens with zero attached hydrogens (tertiary/aromatic N) is 1. The monoisotopic (exact) mass is 475 g/mol. The van der Waals surface area contributed by atoms with Crippen LogP contribution in [0.1, 0.15) is 70.2 Å². The number of hydrogen-bond acceptors (Lipinski definition) is 5. The third-order valence-electron chi connectivity index (χ3n) is 6.32. The number of benzene rings is 1. The quantitative estimate of drug-likeness (QED) is 0.688. The number of fused-ring (bicyclic) bond motifs is 1. The Bertz CT molecular complexity index is 1120. The zero-order chi connectivity index (χ0) is 22.9. The van der Waals surface area contributed by atoms with Gasteiger partial charge < -0.3 is 10.6 Å². The molecule has 1 aromatic carbocycles. The van der Waals surface area contributed by atoms with E-state index < -0.39 is 10.0 Å². The molecule has 9 heteroatoms. The van der Waals surface area contributed by atoms with Crippen LogP contribution in [0.2, 0.25) is 0 Å². The van der Waals surface area contributed by atoms with Gasteiger partial charge in [0, 0.05) is 30.1 Å². The molecule has 32 heavy (non-hydrogen) atoms. The van der Waals surface area contributed by atoms with Crippen molar-refractivity contribution >= 4 is 38.2 Å². The maximum absolute atomic E-state index is 13.0. The molecule has 4 rings (SSSR count). The van der Waals surface area contributed by atoms with Crippen molar-refractivity contribution in [2.75, 3.05) is 18.9 Å². The number of carbonyl (C=O) groups excluding carboxylic acids is 2. The fourth-order valence-electron chi connectivity index (χ4n) is 4.54. The summed E-state index contributed by atoms with van der Waals surface area (Å²) in [6.45, 7) is 2.46. The molecule has 2 aromatic rings. The molecule has 2 heterocycles. The van der Waals surface area contributed by atoms with Gasteiger partial charge >= 0.3 is 0 Å². The first-order valence-corrected chi connectivity index (χ1v) is 13.4. The van der Waals surface area contributed by atoms with Crippen LogP contribution in [0.3, 0.4) is 0 Å². The molecule has 0 spiro atoms. The Labute approximate surface area is 193 Å². The largest absolute Gasteiger partial charge is 0.355 e. The highest BCUT2D eigenvalue weighted by atomic mass is 32.2. The molecule has 2 N–H and O–H groups in total. The Hall–Kier alpha value is -2.23. The molecule has 172 valence electrons. The zero-order valence-electron chi connectivity index (χ0n) is 18.4. The van der Waals surface area contributed by atoms with Gasteiger partial charge in [0.2, 0.25) is 10.0 Å². The smallest absolute Gasteiger partial charge is 0.256 e. The fourth-order valence-corrected chi connectivity index (χ4v) is 7.52. The van der Waals surface area contributed by atoms with E-state index in [2.05, 4.69) is 10.6 Å². The number of thiophene rings is 1. The summed E-state index contributed by atoms with van der Waals surface area (Å²) in [6, 6.07) is 6.02. The minimum Gasteiger partial charge on any atom is -0.355 e. The number of carbonyl (C=O) groups is 2. The van der Waals surface area contributed by atoms with Gasteiger partial charge in [-0.15, -0.1) is 11.3 Å². The van der Waals surface area contributed by atoms with E-state index in [-0.39, 0.29) is 22.8 Å². The minimum atomic E-state index is -3.59. The van der Waals surface area contributed by atoms with Gasteiger partial charge in [0.05, 0.1) is 10.5 Å². The summed E-state index contributed by atoms with van der Waals surface area (Å²) in [6.07, 6.45) is 6.64. The van der Waals surface area contributed by atoms with E-state index in [4.69, 9.17) is 0 Å². The van der Waals surface area contributed by atoms with Gasteiger partial charge in [-0.3, -0.25) is 9.59 Å². The summed E-state index contributed by atoms with van der Waals surface area (Å²) in [5, 5.41) is 6.12. The molecule has 0 bridgehead atoms. The van der Waals surface area contributed by atoms with Gasteiger partial charge in [-0.1, -0.05) is 6.42 Å². The van der Waals surface area contributed by atoms with Crippen molar-refractivity contribution in [1.29, 1.82) is 0 Å². The minimum absolute atomic E-state index is 0.0234. The number of sulfonamides is 1. The van der Waals surface area contributed by atoms with Crippen LogP contribution < -0.4 is 10.6 Å². The van der Waals surface area contributed by atoms with Crippen LogP contribution in [-0.2, 0) is 22.9 Å². The molecule has 1 aliphatic heterocycles. The molecule has 1 unspecified atom stereocenters. The van der Waals surface area contributed by atoms with Gasteiger partial charge in [-0.25, -0.2) is 8.42 Å². The van der Waals surface area contributed by atoms with E-state index >= 15 is 0 Å². The number of aryl methyl sites for hydroxylation is 1. The van der Waals surface area contributed by atoms with E-state index in [1.54, 1.807) is 11.4 Å². The van der Waals surface area contributed by atoms with Crippen molar-refractivity contribution < 1.29 is 18.0 Å². The lowest BCUT2D eigenvalue weighted by Gasteiger charge is -2.32. The van der Waals surface area contributed by atoms with Crippen LogP contribution in [0.15, 0.2) is 29.2 Å². The molecule has 1 saturated heterocycles. The van der Waals surface area contributed by atoms with Crippen molar-refractivity contribution in [3.63, 3.8) is 0 Å². The molecular formula is C23H29N3O4S2. The second-order valence-corrected chi connectivity index (χ2v) is 11.4. The van der Waals surface area contributed by atoms with E-state index in [9.17, 15) is 18.0 Å². The molecule has 0 saturated carbocycles. The number of nitrogens with one attached hydrogen (secondary N) is 2. The summed E-state index contributed by atoms with van der Waals surface area (Å²) >= 11 is 1.46. The third-order valence-corrected chi connectivity index (χ3v) is 9.55. The standard InChI is InChI=1S/C23H29N3O4S2/c1-15-7-5-6-14-26(15)32(29,30)17-12-10-16(11-13-17)21(27)25-23-20(22(28)24-2)18-8-3-4-9-19(18)31-23/h10-13,15H,3-9,14H2,1-2H3,(H,24,28)(H,25,27). The predicted molar refractivity (Wildman–Crippen MR) is 126 cm³/mol. The first-order chi connectivity index (χ1) is 15.3. The molecular weight excluding hydrogens is 446 g/mol. The number of rotatable bonds is 5. The summed E-state index contributed by atoms with van der Waals surface area (Å²) in [5.74, 6) is -0.555. The van der Waals surface area contributed by atoms with Gasteiger partial charge in [-0.05, 0) is 75.3 Å². The third kappa shape index (κ3) is 4.33. The van der Waals surface area contributed by atoms with Crippen molar-refractivity contribution in [2.24, 2.45) is 0 Å². The van der Waals surface area contributed by atoms with Crippen LogP contribution in [-0.4, -0.2) is 44.2 Å². The SMILES string of the molecule is CNC(=O)c1c(NC(=O)c2ccc(S(=O)(=O)N3CCCCC3C)cc2)sc2c1CCCC2. The van der Waals surface area contributed by atoms with E-state index in [0.29, 0.717) is 22.7 Å². The molecule has 7 nitrogen and oxygen atoms in total. The van der Waals surface area contributed by atoms with Gasteiger partial charge in [0.25, 0.3) is 11.8 Å². The van der Waals surface area contributed by atoms with Gasteiger partial charge in [0.1, 0.15) is 5.00 Å². The first kappa shape index (κ1) is 22.9. The summed E-state index contributed by atoms with van der Waals surface area (Å²) in [4.78, 5) is 26.7. The Morgan fingerprint density at radius 3 is 2.44 bits per heavy atom. The Morgan fingerprint density at radius 2 is 1.75 bits per heavy atom. The van der Waals surface area contributed by atoms with Crippen LogP contribution in [0.5, 0.6) is 0 Å². The van der Waals surface area contributed by atoms with Crippen LogP contribution in [0, 0.1) is 0 Å². The zero-order valence-corrected chi connectivity index (χ0v) is 20.1. The maximum Gasteiger partial charge on any atom is 0.256 e. The number of anilines is 1. The fraction of sp³-hybridized carbons (Fsp3) is 0.478. The molecule has 1 aromatic heterocycles. The summed E-state index contributed by atoms with van der Waals surface area (Å²) < 4.78 is 27.6. The lowest BCUT2D eigenvalue weighted by atomic mass is 9.95. The molecule has 1 aliphatic carbocycles. The van der Waals surface area contributed by atoms with Crippen molar-refractivity contribution in [3.8, 4) is 0 Å². The Morgan fingerprint density at radius 1 is 1.03 bits per heavy atom. The lowest BCUT2D eigenvalue weighted by molar-refractivity contribution is 0.0963. The highest BCUT2D eigenvalue weighted by molar-refractivity contribution is 7.89. The lowest BCUT2D eigenvalue weighted by Crippen LogP contribution is -2.41. The highest BCUT2D eigenvalue weighted by Crippen LogP contribution is 2.38. The Balaban J connectivity index is 1.55. The molecule has 0 radical (unpaired) electrons. The highest BCUT2D eigenvalue weighted by Gasteiger charge is 2.31. The van der Waals surface area contributed by atoms with Crippen molar-refractivity contribution in [1.82, 2.24) is 9.62 Å². The van der Waals surface area contributed by atoms with Crippen LogP contribution in [0.25, 0.3) is 0 Å². The summed E-state index contributed by atoms with van der Waals surface area (Å²) in [5.41, 5.74) is 1.94. The molecule has 2 amide bonds. The van der Waals surface area contributed by atoms with Crippen molar-refractivity contribution in [3.05, 3.63) is 45.8 Å². The average Bonchev–Trinajstić information content (AvgIpc) is 3.16. The van der Waals surface area contributed by atoms with Crippen molar-refractivity contribution in [2.45, 2.75) is 62.8 Å². The van der Waals surface area contributed by atoms with E-state index in [1.165, 1.54) is 35.6 Å². The molecule has 1 fully saturated rings. The first-order valence-electron chi connectivity index (χ1n) is 11.1. The maximum atomic E-state index is 13.0. The number of hydrogen-bond donors (Lipinski definition) is 2. The number of amides is 2. The van der Waals surface area contributed by atoms with Crippen LogP contribution in [0.4, 0.5) is 5.00 Å². The summed E-state index contributed by atoms with van der Waals surface area (Å²) in [7, 11) is -2.00. The normalized spacial score (nSPS) is 19.2. The predicted octanol–water partition coefficient (Wildman–Crippen LogP) is 3.80. The second kappa shape index (κ2) is 9.33. The van der Waals surface area contributed by atoms with E-state index in [1.807, 2.05) is 6.92 Å². The van der Waals surface area contributed by atoms with Gasteiger partial charge in [0.15, 0.2) is 0 Å².